The minimum absolute atomic E-state index is 0. The van der Waals surface area contributed by atoms with Crippen molar-refractivity contribution in [1.29, 1.82) is 0 Å². The highest BCUT2D eigenvalue weighted by Crippen LogP contribution is 2.32. The Morgan fingerprint density at radius 1 is 1.23 bits per heavy atom. The van der Waals surface area contributed by atoms with Crippen LogP contribution in [0.15, 0.2) is 53.5 Å². The highest BCUT2D eigenvalue weighted by molar-refractivity contribution is 14.0. The second kappa shape index (κ2) is 12.0. The van der Waals surface area contributed by atoms with Crippen LogP contribution in [0.25, 0.3) is 0 Å². The van der Waals surface area contributed by atoms with Gasteiger partial charge in [0.2, 0.25) is 0 Å². The summed E-state index contributed by atoms with van der Waals surface area (Å²) in [6.07, 6.45) is 1.11. The molecule has 2 aromatic carbocycles. The van der Waals surface area contributed by atoms with E-state index >= 15 is 0 Å². The van der Waals surface area contributed by atoms with E-state index in [1.54, 1.807) is 7.11 Å². The van der Waals surface area contributed by atoms with E-state index in [0.717, 1.165) is 55.6 Å². The lowest BCUT2D eigenvalue weighted by Gasteiger charge is -2.23. The predicted octanol–water partition coefficient (Wildman–Crippen LogP) is 4.38. The van der Waals surface area contributed by atoms with Crippen LogP contribution < -0.4 is 15.0 Å². The molecule has 1 aliphatic rings. The summed E-state index contributed by atoms with van der Waals surface area (Å²) in [5.74, 6) is 2.10. The van der Waals surface area contributed by atoms with Crippen molar-refractivity contribution < 1.29 is 9.13 Å². The average molecular weight is 526 g/mol. The predicted molar refractivity (Wildman–Crippen MR) is 133 cm³/mol. The van der Waals surface area contributed by atoms with E-state index < -0.39 is 0 Å². The number of nitrogens with zero attached hydrogens (tertiary/aromatic N) is 3. The third-order valence-corrected chi connectivity index (χ3v) is 5.24. The van der Waals surface area contributed by atoms with Crippen molar-refractivity contribution in [2.24, 2.45) is 10.9 Å². The molecule has 3 rings (SSSR count). The van der Waals surface area contributed by atoms with Crippen LogP contribution in [0.4, 0.5) is 10.1 Å². The number of para-hydroxylation sites is 2. The molecule has 7 heteroatoms. The highest BCUT2D eigenvalue weighted by atomic mass is 127. The maximum absolute atomic E-state index is 13.1. The number of aliphatic imine (C=N–C) groups is 1. The van der Waals surface area contributed by atoms with E-state index in [-0.39, 0.29) is 29.8 Å². The Morgan fingerprint density at radius 2 is 1.97 bits per heavy atom. The fraction of sp³-hybridized carbons (Fsp3) is 0.435. The van der Waals surface area contributed by atoms with Crippen molar-refractivity contribution in [3.05, 3.63) is 59.9 Å². The normalized spacial score (nSPS) is 16.2. The molecule has 1 saturated heterocycles. The molecule has 5 nitrogen and oxygen atoms in total. The van der Waals surface area contributed by atoms with Crippen molar-refractivity contribution in [1.82, 2.24) is 10.2 Å². The summed E-state index contributed by atoms with van der Waals surface area (Å²) in [7, 11) is 3.73. The van der Waals surface area contributed by atoms with Crippen molar-refractivity contribution in [3.8, 4) is 5.75 Å². The first-order valence-corrected chi connectivity index (χ1v) is 10.2. The number of nitrogens with one attached hydrogen (secondary N) is 1. The largest absolute Gasteiger partial charge is 0.495 e. The van der Waals surface area contributed by atoms with E-state index in [0.29, 0.717) is 12.5 Å². The molecule has 1 atom stereocenters. The SMILES string of the molecule is CCNC(=NCC1CCN(c2ccccc2OC)C1)N(C)Cc1ccc(F)cc1.I. The Balaban J connectivity index is 0.00000320. The van der Waals surface area contributed by atoms with Gasteiger partial charge in [0.1, 0.15) is 11.6 Å². The fourth-order valence-electron chi connectivity index (χ4n) is 3.72. The maximum Gasteiger partial charge on any atom is 0.193 e. The number of methoxy groups -OCH3 is 1. The molecule has 1 heterocycles. The molecule has 0 bridgehead atoms. The Hall–Kier alpha value is -2.03. The minimum atomic E-state index is -0.210. The zero-order chi connectivity index (χ0) is 20.6. The van der Waals surface area contributed by atoms with Crippen molar-refractivity contribution in [3.63, 3.8) is 0 Å². The summed E-state index contributed by atoms with van der Waals surface area (Å²) in [4.78, 5) is 9.35. The zero-order valence-corrected chi connectivity index (χ0v) is 20.3. The Bertz CT molecular complexity index is 815. The minimum Gasteiger partial charge on any atom is -0.495 e. The fourth-order valence-corrected chi connectivity index (χ4v) is 3.72. The van der Waals surface area contributed by atoms with Gasteiger partial charge in [-0.1, -0.05) is 24.3 Å². The average Bonchev–Trinajstić information content (AvgIpc) is 3.21. The summed E-state index contributed by atoms with van der Waals surface area (Å²) >= 11 is 0. The summed E-state index contributed by atoms with van der Waals surface area (Å²) in [5, 5.41) is 3.37. The number of rotatable bonds is 7. The van der Waals surface area contributed by atoms with Gasteiger partial charge in [0.15, 0.2) is 5.96 Å². The van der Waals surface area contributed by atoms with Crippen LogP contribution in [0, 0.1) is 11.7 Å². The molecular weight excluding hydrogens is 494 g/mol. The van der Waals surface area contributed by atoms with Gasteiger partial charge < -0.3 is 19.9 Å². The van der Waals surface area contributed by atoms with Gasteiger partial charge in [-0.3, -0.25) is 4.99 Å². The Morgan fingerprint density at radius 3 is 2.67 bits per heavy atom. The molecule has 0 radical (unpaired) electrons. The van der Waals surface area contributed by atoms with Crippen LogP contribution in [0.2, 0.25) is 0 Å². The molecule has 0 amide bonds. The number of hydrogen-bond donors (Lipinski definition) is 1. The van der Waals surface area contributed by atoms with Gasteiger partial charge in [0.25, 0.3) is 0 Å². The van der Waals surface area contributed by atoms with Crippen molar-refractivity contribution >= 4 is 35.6 Å². The topological polar surface area (TPSA) is 40.1 Å². The number of guanidine groups is 1. The molecular formula is C23H32FIN4O. The van der Waals surface area contributed by atoms with Crippen LogP contribution in [0.5, 0.6) is 5.75 Å². The molecule has 0 saturated carbocycles. The van der Waals surface area contributed by atoms with E-state index in [1.165, 1.54) is 12.1 Å². The van der Waals surface area contributed by atoms with Crippen molar-refractivity contribution in [2.45, 2.75) is 19.9 Å². The standard InChI is InChI=1S/C23H31FN4O.HI/c1-4-25-23(27(2)16-18-9-11-20(24)12-10-18)26-15-19-13-14-28(17-19)21-7-5-6-8-22(21)29-3;/h5-12,19H,4,13-17H2,1-3H3,(H,25,26);1H. The molecule has 0 aliphatic carbocycles. The first-order valence-electron chi connectivity index (χ1n) is 10.2. The molecule has 0 spiro atoms. The van der Waals surface area contributed by atoms with Gasteiger partial charge in [0.05, 0.1) is 12.8 Å². The summed E-state index contributed by atoms with van der Waals surface area (Å²) in [6.45, 7) is 6.34. The first kappa shape index (κ1) is 24.2. The zero-order valence-electron chi connectivity index (χ0n) is 18.0. The summed E-state index contributed by atoms with van der Waals surface area (Å²) in [5.41, 5.74) is 2.21. The molecule has 1 unspecified atom stereocenters. The monoisotopic (exact) mass is 526 g/mol. The summed E-state index contributed by atoms with van der Waals surface area (Å²) in [6, 6.07) is 14.8. The number of halogens is 2. The second-order valence-corrected chi connectivity index (χ2v) is 7.45. The second-order valence-electron chi connectivity index (χ2n) is 7.45. The number of hydrogen-bond acceptors (Lipinski definition) is 3. The summed E-state index contributed by atoms with van der Waals surface area (Å²) < 4.78 is 18.6. The van der Waals surface area contributed by atoms with Crippen LogP contribution in [-0.4, -0.2) is 51.2 Å². The van der Waals surface area contributed by atoms with E-state index in [1.807, 2.05) is 31.3 Å². The molecule has 1 N–H and O–H groups in total. The van der Waals surface area contributed by atoms with E-state index in [4.69, 9.17) is 9.73 Å². The van der Waals surface area contributed by atoms with E-state index in [9.17, 15) is 4.39 Å². The lowest BCUT2D eigenvalue weighted by molar-refractivity contribution is 0.414. The van der Waals surface area contributed by atoms with E-state index in [2.05, 4.69) is 34.2 Å². The Kier molecular flexibility index (Phi) is 9.68. The van der Waals surface area contributed by atoms with Crippen LogP contribution in [-0.2, 0) is 6.54 Å². The quantitative estimate of drug-likeness (QED) is 0.331. The molecule has 1 aliphatic heterocycles. The molecule has 164 valence electrons. The van der Waals surface area contributed by atoms with Gasteiger partial charge in [-0.15, -0.1) is 24.0 Å². The van der Waals surface area contributed by atoms with Gasteiger partial charge in [-0.25, -0.2) is 4.39 Å². The van der Waals surface area contributed by atoms with Gasteiger partial charge in [0, 0.05) is 39.8 Å². The van der Waals surface area contributed by atoms with Crippen LogP contribution in [0.1, 0.15) is 18.9 Å². The molecule has 30 heavy (non-hydrogen) atoms. The number of ether oxygens (including phenoxy) is 1. The third-order valence-electron chi connectivity index (χ3n) is 5.24. The Labute approximate surface area is 196 Å². The van der Waals surface area contributed by atoms with Gasteiger partial charge in [-0.05, 0) is 49.1 Å². The van der Waals surface area contributed by atoms with Gasteiger partial charge in [-0.2, -0.15) is 0 Å². The first-order chi connectivity index (χ1) is 14.1. The number of anilines is 1. The maximum atomic E-state index is 13.1. The van der Waals surface area contributed by atoms with Crippen molar-refractivity contribution in [2.75, 3.05) is 45.2 Å². The van der Waals surface area contributed by atoms with Crippen LogP contribution in [0.3, 0.4) is 0 Å². The smallest absolute Gasteiger partial charge is 0.193 e. The third kappa shape index (κ3) is 6.48. The number of benzene rings is 2. The molecule has 0 aromatic heterocycles. The van der Waals surface area contributed by atoms with Gasteiger partial charge >= 0.3 is 0 Å². The lowest BCUT2D eigenvalue weighted by Crippen LogP contribution is -2.39. The lowest BCUT2D eigenvalue weighted by atomic mass is 10.1. The highest BCUT2D eigenvalue weighted by Gasteiger charge is 2.24. The molecule has 2 aromatic rings. The molecule has 1 fully saturated rings. The van der Waals surface area contributed by atoms with Crippen LogP contribution >= 0.6 is 24.0 Å².